The quantitative estimate of drug-likeness (QED) is 0.296. The van der Waals surface area contributed by atoms with Crippen molar-refractivity contribution in [3.63, 3.8) is 0 Å². The Balaban J connectivity index is 1.23. The minimum Gasteiger partial charge on any atom is -0.353 e. The maximum atomic E-state index is 13.6. The Bertz CT molecular complexity index is 1650. The maximum Gasteiger partial charge on any atom is 0.324 e. The number of urea groups is 1. The summed E-state index contributed by atoms with van der Waals surface area (Å²) >= 11 is 0. The van der Waals surface area contributed by atoms with E-state index in [0.717, 1.165) is 34.9 Å². The second-order valence-corrected chi connectivity index (χ2v) is 11.7. The molecule has 0 spiro atoms. The average molecular weight is 588 g/mol. The van der Waals surface area contributed by atoms with E-state index in [2.05, 4.69) is 36.4 Å². The second-order valence-electron chi connectivity index (χ2n) is 11.7. The highest BCUT2D eigenvalue weighted by Gasteiger charge is 2.25. The van der Waals surface area contributed by atoms with E-state index in [4.69, 9.17) is 5.10 Å². The molecule has 224 valence electrons. The number of hydrogen-bond acceptors (Lipinski definition) is 5. The van der Waals surface area contributed by atoms with E-state index in [-0.39, 0.29) is 16.9 Å². The number of benzene rings is 2. The second kappa shape index (κ2) is 11.8. The Morgan fingerprint density at radius 2 is 1.53 bits per heavy atom. The van der Waals surface area contributed by atoms with Gasteiger partial charge in [-0.15, -0.1) is 0 Å². The highest BCUT2D eigenvalue weighted by molar-refractivity contribution is 6.00. The van der Waals surface area contributed by atoms with Crippen LogP contribution < -0.4 is 15.5 Å². The molecule has 0 unspecified atom stereocenters. The predicted octanol–water partition coefficient (Wildman–Crippen LogP) is 6.07. The molecule has 9 nitrogen and oxygen atoms in total. The molecule has 3 amide bonds. The summed E-state index contributed by atoms with van der Waals surface area (Å²) in [7, 11) is 0. The summed E-state index contributed by atoms with van der Waals surface area (Å²) in [5, 5.41) is 10.6. The van der Waals surface area contributed by atoms with Crippen molar-refractivity contribution in [3.05, 3.63) is 94.8 Å². The first kappa shape index (κ1) is 29.7. The van der Waals surface area contributed by atoms with Gasteiger partial charge >= 0.3 is 6.03 Å². The highest BCUT2D eigenvalue weighted by atomic mass is 19.2. The maximum absolute atomic E-state index is 13.6. The highest BCUT2D eigenvalue weighted by Crippen LogP contribution is 2.27. The van der Waals surface area contributed by atoms with Crippen LogP contribution in [0.25, 0.3) is 5.69 Å². The molecule has 1 aliphatic rings. The number of halogens is 2. The number of carbonyl (C=O) groups excluding carboxylic acids is 2. The molecule has 0 saturated carbocycles. The largest absolute Gasteiger partial charge is 0.353 e. The Hall–Kier alpha value is -4.80. The number of aromatic nitrogens is 3. The molecule has 5 rings (SSSR count). The molecule has 0 radical (unpaired) electrons. The summed E-state index contributed by atoms with van der Waals surface area (Å²) < 4.78 is 28.6. The van der Waals surface area contributed by atoms with Crippen LogP contribution in [0.1, 0.15) is 48.1 Å². The molecule has 4 aromatic rings. The monoisotopic (exact) mass is 587 g/mol. The van der Waals surface area contributed by atoms with Crippen molar-refractivity contribution < 1.29 is 18.4 Å². The SMILES string of the molecule is Cc1ccc(-n2nc(C(C)(C)C)cc2NC(=O)Nc2ccc(N3CCN(C(=O)c4ccc(F)c(F)c4)CC3)nc2C)cc1. The van der Waals surface area contributed by atoms with Gasteiger partial charge in [0, 0.05) is 43.2 Å². The van der Waals surface area contributed by atoms with Crippen molar-refractivity contribution in [2.75, 3.05) is 41.7 Å². The lowest BCUT2D eigenvalue weighted by Crippen LogP contribution is -2.49. The minimum atomic E-state index is -1.04. The van der Waals surface area contributed by atoms with Crippen LogP contribution in [0.15, 0.2) is 60.7 Å². The number of piperazine rings is 1. The molecule has 1 aliphatic heterocycles. The Morgan fingerprint density at radius 3 is 2.16 bits per heavy atom. The van der Waals surface area contributed by atoms with Crippen molar-refractivity contribution in [2.45, 2.75) is 40.0 Å². The van der Waals surface area contributed by atoms with Gasteiger partial charge in [0.2, 0.25) is 0 Å². The molecule has 1 fully saturated rings. The van der Waals surface area contributed by atoms with Crippen LogP contribution in [0.5, 0.6) is 0 Å². The van der Waals surface area contributed by atoms with Crippen LogP contribution in [0.3, 0.4) is 0 Å². The Morgan fingerprint density at radius 1 is 0.837 bits per heavy atom. The molecule has 0 atom stereocenters. The molecular formula is C32H35F2N7O2. The normalized spacial score (nSPS) is 13.7. The summed E-state index contributed by atoms with van der Waals surface area (Å²) in [6.45, 7) is 11.9. The fraction of sp³-hybridized carbons (Fsp3) is 0.312. The number of nitrogens with one attached hydrogen (secondary N) is 2. The molecule has 11 heteroatoms. The lowest BCUT2D eigenvalue weighted by molar-refractivity contribution is 0.0746. The van der Waals surface area contributed by atoms with Crippen LogP contribution in [0.4, 0.5) is 30.9 Å². The van der Waals surface area contributed by atoms with Gasteiger partial charge < -0.3 is 15.1 Å². The van der Waals surface area contributed by atoms with E-state index in [1.807, 2.05) is 55.1 Å². The third-order valence-electron chi connectivity index (χ3n) is 7.37. The third-order valence-corrected chi connectivity index (χ3v) is 7.37. The molecule has 2 aromatic heterocycles. The molecule has 3 heterocycles. The van der Waals surface area contributed by atoms with Crippen molar-refractivity contribution >= 4 is 29.3 Å². The van der Waals surface area contributed by atoms with Crippen molar-refractivity contribution in [1.82, 2.24) is 19.7 Å². The van der Waals surface area contributed by atoms with Crippen LogP contribution in [0.2, 0.25) is 0 Å². The summed E-state index contributed by atoms with van der Waals surface area (Å²) in [5.74, 6) is -1.11. The molecule has 43 heavy (non-hydrogen) atoms. The smallest absolute Gasteiger partial charge is 0.324 e. The Kier molecular flexibility index (Phi) is 8.16. The van der Waals surface area contributed by atoms with Gasteiger partial charge in [-0.3, -0.25) is 10.1 Å². The zero-order valence-corrected chi connectivity index (χ0v) is 24.9. The van der Waals surface area contributed by atoms with E-state index in [9.17, 15) is 18.4 Å². The number of nitrogens with zero attached hydrogens (tertiary/aromatic N) is 5. The Labute approximate surface area is 249 Å². The lowest BCUT2D eigenvalue weighted by atomic mass is 9.92. The number of pyridine rings is 1. The van der Waals surface area contributed by atoms with Gasteiger partial charge in [-0.25, -0.2) is 23.2 Å². The number of aryl methyl sites for hydroxylation is 2. The minimum absolute atomic E-state index is 0.117. The summed E-state index contributed by atoms with van der Waals surface area (Å²) in [5.41, 5.74) is 3.91. The topological polar surface area (TPSA) is 95.4 Å². The van der Waals surface area contributed by atoms with Gasteiger partial charge in [-0.1, -0.05) is 38.5 Å². The summed E-state index contributed by atoms with van der Waals surface area (Å²) in [4.78, 5) is 34.2. The van der Waals surface area contributed by atoms with Gasteiger partial charge in [0.25, 0.3) is 5.91 Å². The van der Waals surface area contributed by atoms with E-state index < -0.39 is 17.7 Å². The van der Waals surface area contributed by atoms with Gasteiger partial charge in [0.1, 0.15) is 11.6 Å². The molecule has 2 N–H and O–H groups in total. The fourth-order valence-corrected chi connectivity index (χ4v) is 4.80. The van der Waals surface area contributed by atoms with Crippen LogP contribution in [0, 0.1) is 25.5 Å². The molecule has 2 aromatic carbocycles. The van der Waals surface area contributed by atoms with Crippen LogP contribution in [-0.4, -0.2) is 57.8 Å². The molecule has 0 aliphatic carbocycles. The van der Waals surface area contributed by atoms with E-state index in [1.165, 1.54) is 6.07 Å². The van der Waals surface area contributed by atoms with E-state index in [0.29, 0.717) is 43.4 Å². The van der Waals surface area contributed by atoms with Crippen molar-refractivity contribution in [2.24, 2.45) is 0 Å². The van der Waals surface area contributed by atoms with Crippen molar-refractivity contribution in [1.29, 1.82) is 0 Å². The average Bonchev–Trinajstić information content (AvgIpc) is 3.40. The van der Waals surface area contributed by atoms with Crippen LogP contribution >= 0.6 is 0 Å². The number of hydrogen-bond donors (Lipinski definition) is 2. The fourth-order valence-electron chi connectivity index (χ4n) is 4.80. The van der Waals surface area contributed by atoms with Gasteiger partial charge in [-0.2, -0.15) is 5.10 Å². The van der Waals surface area contributed by atoms with Crippen LogP contribution in [-0.2, 0) is 5.41 Å². The van der Waals surface area contributed by atoms with E-state index in [1.54, 1.807) is 15.6 Å². The first-order chi connectivity index (χ1) is 20.4. The number of anilines is 3. The zero-order chi connectivity index (χ0) is 30.9. The number of carbonyl (C=O) groups is 2. The molecule has 0 bridgehead atoms. The predicted molar refractivity (Wildman–Crippen MR) is 163 cm³/mol. The lowest BCUT2D eigenvalue weighted by Gasteiger charge is -2.35. The van der Waals surface area contributed by atoms with Crippen molar-refractivity contribution in [3.8, 4) is 5.69 Å². The standard InChI is InChI=1S/C32H35F2N7O2/c1-20-6-9-23(10-7-20)41-29(19-27(38-41)32(3,4)5)37-31(43)36-26-12-13-28(35-21(26)2)39-14-16-40(17-15-39)30(42)22-8-11-24(33)25(34)18-22/h6-13,18-19H,14-17H2,1-5H3,(H2,36,37,43). The first-order valence-electron chi connectivity index (χ1n) is 14.1. The van der Waals surface area contributed by atoms with E-state index >= 15 is 0 Å². The molecule has 1 saturated heterocycles. The zero-order valence-electron chi connectivity index (χ0n) is 24.9. The van der Waals surface area contributed by atoms with Gasteiger partial charge in [0.05, 0.1) is 22.8 Å². The van der Waals surface area contributed by atoms with Gasteiger partial charge in [-0.05, 0) is 56.3 Å². The van der Waals surface area contributed by atoms with Gasteiger partial charge in [0.15, 0.2) is 11.6 Å². The third kappa shape index (κ3) is 6.66. The molecular weight excluding hydrogens is 552 g/mol. The summed E-state index contributed by atoms with van der Waals surface area (Å²) in [6.07, 6.45) is 0. The first-order valence-corrected chi connectivity index (χ1v) is 14.1. The summed E-state index contributed by atoms with van der Waals surface area (Å²) in [6, 6.07) is 16.2. The number of amides is 3. The number of rotatable bonds is 5.